The Morgan fingerprint density at radius 1 is 0.970 bits per heavy atom. The van der Waals surface area contributed by atoms with E-state index in [4.69, 9.17) is 0 Å². The summed E-state index contributed by atoms with van der Waals surface area (Å²) in [6.45, 7) is 2.43. The lowest BCUT2D eigenvalue weighted by molar-refractivity contribution is -0.126. The molecule has 4 rings (SSSR count). The second-order valence-corrected chi connectivity index (χ2v) is 10.3. The van der Waals surface area contributed by atoms with Crippen molar-refractivity contribution in [2.24, 2.45) is 5.92 Å². The highest BCUT2D eigenvalue weighted by atomic mass is 32.2. The summed E-state index contributed by atoms with van der Waals surface area (Å²) in [6, 6.07) is 18.7. The molecule has 33 heavy (non-hydrogen) atoms. The third-order valence-corrected chi connectivity index (χ3v) is 7.75. The molecule has 1 fully saturated rings. The van der Waals surface area contributed by atoms with E-state index in [2.05, 4.69) is 15.0 Å². The molecule has 0 bridgehead atoms. The number of carbonyl (C=O) groups excluding carboxylic acids is 1. The molecule has 1 aromatic heterocycles. The summed E-state index contributed by atoms with van der Waals surface area (Å²) in [4.78, 5) is 16.8. The fraction of sp³-hybridized carbons (Fsp3) is 0.308. The molecular formula is C26H29N3O3S. The predicted molar refractivity (Wildman–Crippen MR) is 129 cm³/mol. The second kappa shape index (κ2) is 10.3. The molecule has 1 saturated carbocycles. The minimum atomic E-state index is -3.63. The van der Waals surface area contributed by atoms with Crippen LogP contribution < -0.4 is 10.0 Å². The zero-order valence-electron chi connectivity index (χ0n) is 18.7. The van der Waals surface area contributed by atoms with Gasteiger partial charge in [0.2, 0.25) is 15.9 Å². The normalized spacial score (nSPS) is 18.6. The minimum Gasteiger partial charge on any atom is -0.352 e. The maximum Gasteiger partial charge on any atom is 0.240 e. The Bertz CT molecular complexity index is 1190. The highest BCUT2D eigenvalue weighted by molar-refractivity contribution is 7.89. The fourth-order valence-electron chi connectivity index (χ4n) is 4.35. The van der Waals surface area contributed by atoms with Crippen LogP contribution in [-0.4, -0.2) is 25.4 Å². The average Bonchev–Trinajstić information content (AvgIpc) is 2.84. The van der Waals surface area contributed by atoms with E-state index in [1.807, 2.05) is 55.5 Å². The first-order chi connectivity index (χ1) is 15.9. The molecule has 1 amide bonds. The lowest BCUT2D eigenvalue weighted by atomic mass is 9.86. The van der Waals surface area contributed by atoms with Gasteiger partial charge < -0.3 is 5.32 Å². The SMILES string of the molecule is Cc1cc(S(=O)(=O)NC2CCC(C(=O)NCc3ccccc3)CC2)ccc1-c1ccncc1. The molecule has 1 aliphatic rings. The quantitative estimate of drug-likeness (QED) is 0.549. The van der Waals surface area contributed by atoms with Gasteiger partial charge in [-0.25, -0.2) is 13.1 Å². The number of pyridine rings is 1. The number of aromatic nitrogens is 1. The molecular weight excluding hydrogens is 434 g/mol. The van der Waals surface area contributed by atoms with Gasteiger partial charge in [0.25, 0.3) is 0 Å². The molecule has 0 radical (unpaired) electrons. The molecule has 6 nitrogen and oxygen atoms in total. The van der Waals surface area contributed by atoms with Crippen molar-refractivity contribution in [3.8, 4) is 11.1 Å². The molecule has 0 saturated heterocycles. The first-order valence-electron chi connectivity index (χ1n) is 11.3. The van der Waals surface area contributed by atoms with Crippen LogP contribution in [0.25, 0.3) is 11.1 Å². The van der Waals surface area contributed by atoms with E-state index >= 15 is 0 Å². The van der Waals surface area contributed by atoms with Gasteiger partial charge >= 0.3 is 0 Å². The van der Waals surface area contributed by atoms with Gasteiger partial charge in [-0.3, -0.25) is 9.78 Å². The van der Waals surface area contributed by atoms with E-state index in [-0.39, 0.29) is 22.8 Å². The van der Waals surface area contributed by atoms with Crippen molar-refractivity contribution in [1.29, 1.82) is 0 Å². The zero-order valence-corrected chi connectivity index (χ0v) is 19.5. The van der Waals surface area contributed by atoms with Crippen molar-refractivity contribution >= 4 is 15.9 Å². The van der Waals surface area contributed by atoms with Gasteiger partial charge in [-0.15, -0.1) is 0 Å². The van der Waals surface area contributed by atoms with Crippen LogP contribution in [0.15, 0.2) is 78.0 Å². The number of carbonyl (C=O) groups is 1. The number of benzene rings is 2. The van der Waals surface area contributed by atoms with Gasteiger partial charge in [0.1, 0.15) is 0 Å². The molecule has 1 aliphatic carbocycles. The van der Waals surface area contributed by atoms with E-state index < -0.39 is 10.0 Å². The Labute approximate surface area is 195 Å². The van der Waals surface area contributed by atoms with E-state index in [1.54, 1.807) is 24.5 Å². The molecule has 0 atom stereocenters. The van der Waals surface area contributed by atoms with Crippen molar-refractivity contribution in [3.63, 3.8) is 0 Å². The molecule has 0 unspecified atom stereocenters. The van der Waals surface area contributed by atoms with Crippen LogP contribution in [0.5, 0.6) is 0 Å². The van der Waals surface area contributed by atoms with Crippen LogP contribution in [0.3, 0.4) is 0 Å². The topological polar surface area (TPSA) is 88.2 Å². The molecule has 172 valence electrons. The van der Waals surface area contributed by atoms with Crippen molar-refractivity contribution in [1.82, 2.24) is 15.0 Å². The lowest BCUT2D eigenvalue weighted by Gasteiger charge is -2.28. The summed E-state index contributed by atoms with van der Waals surface area (Å²) in [6.07, 6.45) is 6.09. The van der Waals surface area contributed by atoms with Gasteiger partial charge in [-0.05, 0) is 79.1 Å². The summed E-state index contributed by atoms with van der Waals surface area (Å²) in [5, 5.41) is 3.00. The zero-order chi connectivity index (χ0) is 23.3. The Morgan fingerprint density at radius 3 is 2.33 bits per heavy atom. The molecule has 0 spiro atoms. The van der Waals surface area contributed by atoms with Crippen LogP contribution in [0.4, 0.5) is 0 Å². The van der Waals surface area contributed by atoms with E-state index in [1.165, 1.54) is 0 Å². The van der Waals surface area contributed by atoms with Crippen LogP contribution >= 0.6 is 0 Å². The van der Waals surface area contributed by atoms with Gasteiger partial charge in [0.15, 0.2) is 0 Å². The molecule has 2 N–H and O–H groups in total. The van der Waals surface area contributed by atoms with Crippen LogP contribution in [0, 0.1) is 12.8 Å². The van der Waals surface area contributed by atoms with Crippen molar-refractivity contribution in [2.45, 2.75) is 50.1 Å². The number of hydrogen-bond donors (Lipinski definition) is 2. The number of hydrogen-bond acceptors (Lipinski definition) is 4. The fourth-order valence-corrected chi connectivity index (χ4v) is 5.74. The van der Waals surface area contributed by atoms with E-state index in [0.29, 0.717) is 32.2 Å². The first kappa shape index (κ1) is 23.1. The van der Waals surface area contributed by atoms with Gasteiger partial charge in [-0.1, -0.05) is 36.4 Å². The molecule has 7 heteroatoms. The van der Waals surface area contributed by atoms with E-state index in [9.17, 15) is 13.2 Å². The second-order valence-electron chi connectivity index (χ2n) is 8.59. The highest BCUT2D eigenvalue weighted by Gasteiger charge is 2.29. The molecule has 1 heterocycles. The first-order valence-corrected chi connectivity index (χ1v) is 12.8. The third kappa shape index (κ3) is 5.86. The monoisotopic (exact) mass is 463 g/mol. The third-order valence-electron chi connectivity index (χ3n) is 6.23. The number of nitrogens with one attached hydrogen (secondary N) is 2. The summed E-state index contributed by atoms with van der Waals surface area (Å²) in [5.41, 5.74) is 3.95. The van der Waals surface area contributed by atoms with Crippen LogP contribution in [-0.2, 0) is 21.4 Å². The summed E-state index contributed by atoms with van der Waals surface area (Å²) < 4.78 is 28.8. The van der Waals surface area contributed by atoms with Gasteiger partial charge in [-0.2, -0.15) is 0 Å². The molecule has 0 aliphatic heterocycles. The predicted octanol–water partition coefficient (Wildman–Crippen LogP) is 4.21. The van der Waals surface area contributed by atoms with Crippen LogP contribution in [0.1, 0.15) is 36.8 Å². The standard InChI is InChI=1S/C26H29N3O3S/c1-19-17-24(11-12-25(19)21-13-15-27-16-14-21)33(31,32)29-23-9-7-22(8-10-23)26(30)28-18-20-5-3-2-4-6-20/h2-6,11-17,22-23,29H,7-10,18H2,1H3,(H,28,30). The van der Waals surface area contributed by atoms with Crippen LogP contribution in [0.2, 0.25) is 0 Å². The smallest absolute Gasteiger partial charge is 0.240 e. The van der Waals surface area contributed by atoms with Crippen molar-refractivity contribution in [2.75, 3.05) is 0 Å². The van der Waals surface area contributed by atoms with Crippen molar-refractivity contribution in [3.05, 3.63) is 84.2 Å². The van der Waals surface area contributed by atoms with E-state index in [0.717, 1.165) is 22.3 Å². The van der Waals surface area contributed by atoms with Crippen molar-refractivity contribution < 1.29 is 13.2 Å². The minimum absolute atomic E-state index is 0.0440. The Hall–Kier alpha value is -3.03. The number of nitrogens with zero attached hydrogens (tertiary/aromatic N) is 1. The highest BCUT2D eigenvalue weighted by Crippen LogP contribution is 2.28. The number of amides is 1. The lowest BCUT2D eigenvalue weighted by Crippen LogP contribution is -2.40. The summed E-state index contributed by atoms with van der Waals surface area (Å²) in [7, 11) is -3.63. The Morgan fingerprint density at radius 2 is 1.67 bits per heavy atom. The maximum absolute atomic E-state index is 13.0. The molecule has 3 aromatic rings. The van der Waals surface area contributed by atoms with Gasteiger partial charge in [0, 0.05) is 30.9 Å². The number of sulfonamides is 1. The maximum atomic E-state index is 13.0. The largest absolute Gasteiger partial charge is 0.352 e. The number of rotatable bonds is 7. The number of aryl methyl sites for hydroxylation is 1. The summed E-state index contributed by atoms with van der Waals surface area (Å²) >= 11 is 0. The Kier molecular flexibility index (Phi) is 7.20. The Balaban J connectivity index is 1.32. The average molecular weight is 464 g/mol. The summed E-state index contributed by atoms with van der Waals surface area (Å²) in [5.74, 6) is -0.0288. The molecule has 2 aromatic carbocycles. The van der Waals surface area contributed by atoms with Gasteiger partial charge in [0.05, 0.1) is 4.90 Å².